The van der Waals surface area contributed by atoms with Crippen molar-refractivity contribution in [1.29, 1.82) is 0 Å². The highest BCUT2D eigenvalue weighted by molar-refractivity contribution is 7.89. The van der Waals surface area contributed by atoms with Crippen LogP contribution in [0.5, 0.6) is 0 Å². The summed E-state index contributed by atoms with van der Waals surface area (Å²) in [7, 11) is -3.67. The number of aromatic nitrogens is 2. The van der Waals surface area contributed by atoms with Crippen LogP contribution in [0, 0.1) is 0 Å². The average Bonchev–Trinajstić information content (AvgIpc) is 2.45. The Morgan fingerprint density at radius 1 is 1.38 bits per heavy atom. The van der Waals surface area contributed by atoms with Gasteiger partial charge in [-0.05, 0) is 12.1 Å². The average molecular weight is 197 g/mol. The highest BCUT2D eigenvalue weighted by Crippen LogP contribution is 2.13. The van der Waals surface area contributed by atoms with Crippen LogP contribution >= 0.6 is 0 Å². The molecular weight excluding hydrogens is 190 g/mol. The first-order chi connectivity index (χ1) is 6.09. The standard InChI is InChI=1S/C7H7N3O2S/c8-13(11,12)7-5-9-10-4-2-1-3-6(7)10/h1-5H,(H2,8,11,12). The zero-order chi connectivity index (χ0) is 9.47. The van der Waals surface area contributed by atoms with Crippen molar-refractivity contribution in [3.63, 3.8) is 0 Å². The Hall–Kier alpha value is -1.40. The zero-order valence-electron chi connectivity index (χ0n) is 6.58. The van der Waals surface area contributed by atoms with Gasteiger partial charge in [0.2, 0.25) is 10.0 Å². The lowest BCUT2D eigenvalue weighted by molar-refractivity contribution is 0.598. The highest BCUT2D eigenvalue weighted by Gasteiger charge is 2.13. The van der Waals surface area contributed by atoms with E-state index in [2.05, 4.69) is 5.10 Å². The van der Waals surface area contributed by atoms with Crippen LogP contribution in [0.3, 0.4) is 0 Å². The molecule has 0 amide bonds. The highest BCUT2D eigenvalue weighted by atomic mass is 32.2. The van der Waals surface area contributed by atoms with E-state index in [0.29, 0.717) is 5.52 Å². The fourth-order valence-corrected chi connectivity index (χ4v) is 1.78. The maximum Gasteiger partial charge on any atom is 0.241 e. The number of primary sulfonamides is 1. The summed E-state index contributed by atoms with van der Waals surface area (Å²) in [6.07, 6.45) is 2.90. The smallest absolute Gasteiger partial charge is 0.240 e. The van der Waals surface area contributed by atoms with E-state index in [4.69, 9.17) is 5.14 Å². The van der Waals surface area contributed by atoms with Crippen molar-refractivity contribution < 1.29 is 8.42 Å². The number of rotatable bonds is 1. The Morgan fingerprint density at radius 2 is 2.15 bits per heavy atom. The maximum atomic E-state index is 11.0. The van der Waals surface area contributed by atoms with E-state index in [1.165, 1.54) is 10.7 Å². The molecule has 6 heteroatoms. The van der Waals surface area contributed by atoms with Crippen LogP contribution in [0.25, 0.3) is 5.52 Å². The molecule has 2 N–H and O–H groups in total. The van der Waals surface area contributed by atoms with E-state index in [9.17, 15) is 8.42 Å². The van der Waals surface area contributed by atoms with E-state index in [1.807, 2.05) is 0 Å². The van der Waals surface area contributed by atoms with Crippen LogP contribution in [0.1, 0.15) is 0 Å². The third kappa shape index (κ3) is 1.30. The van der Waals surface area contributed by atoms with Crippen molar-refractivity contribution in [1.82, 2.24) is 9.61 Å². The van der Waals surface area contributed by atoms with Crippen LogP contribution in [-0.2, 0) is 10.0 Å². The van der Waals surface area contributed by atoms with Crippen molar-refractivity contribution in [2.24, 2.45) is 5.14 Å². The van der Waals surface area contributed by atoms with Crippen molar-refractivity contribution in [3.05, 3.63) is 30.6 Å². The van der Waals surface area contributed by atoms with Gasteiger partial charge in [-0.2, -0.15) is 5.10 Å². The lowest BCUT2D eigenvalue weighted by Crippen LogP contribution is -2.11. The summed E-state index contributed by atoms with van der Waals surface area (Å²) in [6, 6.07) is 5.13. The van der Waals surface area contributed by atoms with Gasteiger partial charge in [0.1, 0.15) is 4.90 Å². The summed E-state index contributed by atoms with van der Waals surface area (Å²) in [5.41, 5.74) is 0.491. The van der Waals surface area contributed by atoms with Gasteiger partial charge in [0.25, 0.3) is 0 Å². The Kier molecular flexibility index (Phi) is 1.61. The molecule has 0 atom stereocenters. The number of hydrogen-bond acceptors (Lipinski definition) is 3. The topological polar surface area (TPSA) is 77.5 Å². The molecule has 0 aromatic carbocycles. The molecule has 13 heavy (non-hydrogen) atoms. The zero-order valence-corrected chi connectivity index (χ0v) is 7.40. The summed E-state index contributed by atoms with van der Waals surface area (Å²) < 4.78 is 23.5. The lowest BCUT2D eigenvalue weighted by Gasteiger charge is -1.93. The number of fused-ring (bicyclic) bond motifs is 1. The van der Waals surface area contributed by atoms with Gasteiger partial charge in [-0.3, -0.25) is 0 Å². The van der Waals surface area contributed by atoms with Gasteiger partial charge in [0.15, 0.2) is 0 Å². The number of pyridine rings is 1. The minimum absolute atomic E-state index is 0.0492. The second-order valence-electron chi connectivity index (χ2n) is 2.58. The number of hydrogen-bond donors (Lipinski definition) is 1. The molecule has 0 spiro atoms. The van der Waals surface area contributed by atoms with Gasteiger partial charge >= 0.3 is 0 Å². The van der Waals surface area contributed by atoms with Crippen LogP contribution in [0.15, 0.2) is 35.5 Å². The molecule has 0 aliphatic rings. The molecule has 0 saturated carbocycles. The SMILES string of the molecule is NS(=O)(=O)c1cnn2ccccc12. The summed E-state index contributed by atoms with van der Waals surface area (Å²) in [6.45, 7) is 0. The fourth-order valence-electron chi connectivity index (χ4n) is 1.13. The number of nitrogens with zero attached hydrogens (tertiary/aromatic N) is 2. The van der Waals surface area contributed by atoms with Crippen LogP contribution in [0.2, 0.25) is 0 Å². The molecule has 2 rings (SSSR count). The monoisotopic (exact) mass is 197 g/mol. The van der Waals surface area contributed by atoms with Crippen molar-refractivity contribution in [2.45, 2.75) is 4.90 Å². The molecule has 0 radical (unpaired) electrons. The Labute approximate surface area is 74.8 Å². The quantitative estimate of drug-likeness (QED) is 0.698. The van der Waals surface area contributed by atoms with Gasteiger partial charge in [-0.15, -0.1) is 0 Å². The normalized spacial score (nSPS) is 12.1. The van der Waals surface area contributed by atoms with Crippen molar-refractivity contribution >= 4 is 15.5 Å². The Bertz CT molecular complexity index is 544. The molecule has 0 aliphatic heterocycles. The fraction of sp³-hybridized carbons (Fsp3) is 0. The summed E-state index contributed by atoms with van der Waals surface area (Å²) in [5.74, 6) is 0. The summed E-state index contributed by atoms with van der Waals surface area (Å²) in [5, 5.41) is 8.83. The largest absolute Gasteiger partial charge is 0.241 e. The Balaban J connectivity index is 2.87. The minimum atomic E-state index is -3.67. The van der Waals surface area contributed by atoms with Gasteiger partial charge < -0.3 is 0 Å². The van der Waals surface area contributed by atoms with Crippen LogP contribution in [0.4, 0.5) is 0 Å². The minimum Gasteiger partial charge on any atom is -0.240 e. The van der Waals surface area contributed by atoms with Crippen LogP contribution in [-0.4, -0.2) is 18.0 Å². The third-order valence-corrected chi connectivity index (χ3v) is 2.63. The molecule has 2 heterocycles. The first-order valence-electron chi connectivity index (χ1n) is 3.54. The lowest BCUT2D eigenvalue weighted by atomic mass is 10.4. The second-order valence-corrected chi connectivity index (χ2v) is 4.11. The van der Waals surface area contributed by atoms with E-state index in [0.717, 1.165) is 0 Å². The van der Waals surface area contributed by atoms with Gasteiger partial charge in [-0.1, -0.05) is 6.07 Å². The van der Waals surface area contributed by atoms with Gasteiger partial charge in [0, 0.05) is 6.20 Å². The van der Waals surface area contributed by atoms with Gasteiger partial charge in [0.05, 0.1) is 11.7 Å². The number of nitrogens with two attached hydrogens (primary N) is 1. The first kappa shape index (κ1) is 8.21. The Morgan fingerprint density at radius 3 is 2.85 bits per heavy atom. The second kappa shape index (κ2) is 2.54. The van der Waals surface area contributed by atoms with E-state index >= 15 is 0 Å². The van der Waals surface area contributed by atoms with E-state index in [1.54, 1.807) is 24.4 Å². The predicted octanol–water partition coefficient (Wildman–Crippen LogP) is -0.0183. The molecule has 0 unspecified atom stereocenters. The molecule has 0 aliphatic carbocycles. The molecule has 5 nitrogen and oxygen atoms in total. The number of sulfonamides is 1. The van der Waals surface area contributed by atoms with Crippen molar-refractivity contribution in [2.75, 3.05) is 0 Å². The van der Waals surface area contributed by atoms with Crippen LogP contribution < -0.4 is 5.14 Å². The molecule has 2 aromatic rings. The summed E-state index contributed by atoms with van der Waals surface area (Å²) >= 11 is 0. The molecule has 2 aromatic heterocycles. The third-order valence-electron chi connectivity index (χ3n) is 1.70. The van der Waals surface area contributed by atoms with E-state index in [-0.39, 0.29) is 4.90 Å². The maximum absolute atomic E-state index is 11.0. The molecular formula is C7H7N3O2S. The van der Waals surface area contributed by atoms with E-state index < -0.39 is 10.0 Å². The molecule has 0 fully saturated rings. The molecule has 0 saturated heterocycles. The molecule has 0 bridgehead atoms. The first-order valence-corrected chi connectivity index (χ1v) is 5.09. The predicted molar refractivity (Wildman–Crippen MR) is 46.6 cm³/mol. The molecule has 68 valence electrons. The summed E-state index contributed by atoms with van der Waals surface area (Å²) in [4.78, 5) is 0.0492. The van der Waals surface area contributed by atoms with Crippen molar-refractivity contribution in [3.8, 4) is 0 Å². The van der Waals surface area contributed by atoms with Gasteiger partial charge in [-0.25, -0.2) is 18.1 Å².